The number of rotatable bonds is 9. The van der Waals surface area contributed by atoms with E-state index in [1.165, 1.54) is 11.1 Å². The number of nitrogens with one attached hydrogen (secondary N) is 2. The van der Waals surface area contributed by atoms with Crippen molar-refractivity contribution in [2.75, 3.05) is 29.5 Å². The third-order valence-electron chi connectivity index (χ3n) is 7.89. The summed E-state index contributed by atoms with van der Waals surface area (Å²) in [7, 11) is 0. The van der Waals surface area contributed by atoms with Gasteiger partial charge in [0.25, 0.3) is 17.7 Å². The number of benzene rings is 3. The van der Waals surface area contributed by atoms with E-state index in [1.54, 1.807) is 42.5 Å². The van der Waals surface area contributed by atoms with Gasteiger partial charge in [0, 0.05) is 11.6 Å². The summed E-state index contributed by atoms with van der Waals surface area (Å²) in [4.78, 5) is 72.9. The summed E-state index contributed by atoms with van der Waals surface area (Å²) in [5.74, 6) is -3.23. The van der Waals surface area contributed by atoms with Crippen molar-refractivity contribution >= 4 is 51.7 Å². The molecule has 1 unspecified atom stereocenters. The first kappa shape index (κ1) is 31.3. The third kappa shape index (κ3) is 6.81. The molecule has 0 radical (unpaired) electrons. The first-order valence-electron chi connectivity index (χ1n) is 14.9. The van der Waals surface area contributed by atoms with Crippen molar-refractivity contribution in [1.82, 2.24) is 15.6 Å². The molecule has 4 aromatic rings. The molecule has 0 spiro atoms. The fraction of sp³-hybridized carbons (Fsp3) is 0.235. The SMILES string of the molecule is O=C(CN1C(=O)[C@@H](NC(=O)c2nccc3ccccc23)CN(C(=O)CO)c2ccccc21)N[C@H]1CC(=O)OC1OCc1ccccc1. The summed E-state index contributed by atoms with van der Waals surface area (Å²) in [6.45, 7) is -1.55. The Morgan fingerprint density at radius 2 is 1.64 bits per heavy atom. The van der Waals surface area contributed by atoms with E-state index in [2.05, 4.69) is 15.6 Å². The van der Waals surface area contributed by atoms with E-state index in [1.807, 2.05) is 42.5 Å². The molecule has 13 nitrogen and oxygen atoms in total. The Morgan fingerprint density at radius 1 is 0.915 bits per heavy atom. The van der Waals surface area contributed by atoms with Gasteiger partial charge in [-0.05, 0) is 29.1 Å². The summed E-state index contributed by atoms with van der Waals surface area (Å²) < 4.78 is 11.1. The molecule has 240 valence electrons. The Balaban J connectivity index is 1.25. The van der Waals surface area contributed by atoms with Gasteiger partial charge in [0.1, 0.15) is 30.9 Å². The highest BCUT2D eigenvalue weighted by atomic mass is 16.7. The Labute approximate surface area is 269 Å². The molecule has 2 aliphatic heterocycles. The predicted octanol–water partition coefficient (Wildman–Crippen LogP) is 1.68. The fourth-order valence-electron chi connectivity index (χ4n) is 5.66. The normalized spacial score (nSPS) is 19.1. The Kier molecular flexibility index (Phi) is 9.18. The van der Waals surface area contributed by atoms with Crippen molar-refractivity contribution in [3.63, 3.8) is 0 Å². The molecule has 2 aliphatic rings. The topological polar surface area (TPSA) is 167 Å². The molecule has 0 aliphatic carbocycles. The third-order valence-corrected chi connectivity index (χ3v) is 7.89. The monoisotopic (exact) mass is 637 g/mol. The van der Waals surface area contributed by atoms with Gasteiger partial charge in [-0.3, -0.25) is 33.9 Å². The number of aromatic nitrogens is 1. The highest BCUT2D eigenvalue weighted by Crippen LogP contribution is 2.33. The number of aliphatic hydroxyl groups is 1. The van der Waals surface area contributed by atoms with Crippen LogP contribution in [0.1, 0.15) is 22.5 Å². The van der Waals surface area contributed by atoms with Gasteiger partial charge in [0.15, 0.2) is 0 Å². The van der Waals surface area contributed by atoms with E-state index < -0.39 is 61.1 Å². The van der Waals surface area contributed by atoms with Crippen LogP contribution in [0.2, 0.25) is 0 Å². The minimum absolute atomic E-state index is 0.0782. The van der Waals surface area contributed by atoms with E-state index >= 15 is 0 Å². The number of pyridine rings is 1. The summed E-state index contributed by atoms with van der Waals surface area (Å²) >= 11 is 0. The minimum Gasteiger partial charge on any atom is -0.433 e. The molecule has 1 fully saturated rings. The highest BCUT2D eigenvalue weighted by Gasteiger charge is 2.40. The number of esters is 1. The molecular weight excluding hydrogens is 606 g/mol. The smallest absolute Gasteiger partial charge is 0.310 e. The molecule has 3 aromatic carbocycles. The van der Waals surface area contributed by atoms with Crippen molar-refractivity contribution in [3.8, 4) is 0 Å². The van der Waals surface area contributed by atoms with Crippen LogP contribution in [-0.2, 0) is 35.3 Å². The van der Waals surface area contributed by atoms with Crippen LogP contribution in [0, 0.1) is 0 Å². The van der Waals surface area contributed by atoms with Gasteiger partial charge in [0.2, 0.25) is 12.2 Å². The average molecular weight is 638 g/mol. The zero-order valence-electron chi connectivity index (χ0n) is 25.1. The summed E-state index contributed by atoms with van der Waals surface area (Å²) in [6, 6.07) is 22.4. The molecule has 4 amide bonds. The minimum atomic E-state index is -1.32. The van der Waals surface area contributed by atoms with E-state index in [0.29, 0.717) is 5.39 Å². The number of ether oxygens (including phenoxy) is 2. The Hall–Kier alpha value is -5.66. The van der Waals surface area contributed by atoms with Crippen LogP contribution in [-0.4, -0.2) is 77.8 Å². The molecule has 3 atom stereocenters. The molecule has 1 saturated heterocycles. The molecule has 13 heteroatoms. The van der Waals surface area contributed by atoms with E-state index in [4.69, 9.17) is 9.47 Å². The maximum atomic E-state index is 14.2. The van der Waals surface area contributed by atoms with Crippen molar-refractivity contribution in [2.45, 2.75) is 31.4 Å². The maximum Gasteiger partial charge on any atom is 0.310 e. The molecule has 0 bridgehead atoms. The van der Waals surface area contributed by atoms with Crippen LogP contribution in [0.4, 0.5) is 11.4 Å². The van der Waals surface area contributed by atoms with Gasteiger partial charge in [0.05, 0.1) is 30.9 Å². The number of hydrogen-bond donors (Lipinski definition) is 3. The van der Waals surface area contributed by atoms with Crippen molar-refractivity contribution < 1.29 is 38.6 Å². The molecule has 6 rings (SSSR count). The van der Waals surface area contributed by atoms with Crippen LogP contribution in [0.3, 0.4) is 0 Å². The van der Waals surface area contributed by atoms with Crippen LogP contribution in [0.15, 0.2) is 91.1 Å². The molecule has 0 saturated carbocycles. The zero-order valence-corrected chi connectivity index (χ0v) is 25.1. The number of fused-ring (bicyclic) bond motifs is 2. The number of nitrogens with zero attached hydrogens (tertiary/aromatic N) is 3. The maximum absolute atomic E-state index is 14.2. The number of cyclic esters (lactones) is 1. The van der Waals surface area contributed by atoms with E-state index in [-0.39, 0.29) is 36.6 Å². The molecule has 3 N–H and O–H groups in total. The van der Waals surface area contributed by atoms with Crippen LogP contribution < -0.4 is 20.4 Å². The number of para-hydroxylation sites is 2. The molecule has 3 heterocycles. The fourth-order valence-corrected chi connectivity index (χ4v) is 5.66. The lowest BCUT2D eigenvalue weighted by atomic mass is 10.1. The second-order valence-electron chi connectivity index (χ2n) is 11.0. The van der Waals surface area contributed by atoms with Crippen LogP contribution in [0.5, 0.6) is 0 Å². The number of aliphatic hydroxyl groups excluding tert-OH is 1. The molecule has 1 aromatic heterocycles. The first-order chi connectivity index (χ1) is 22.8. The average Bonchev–Trinajstić information content (AvgIpc) is 3.40. The predicted molar refractivity (Wildman–Crippen MR) is 169 cm³/mol. The standard InChI is InChI=1S/C34H31N5O8/c40-19-29(42)38-17-25(37-32(44)31-23-11-5-4-10-22(23)14-15-35-31)33(45)39(27-13-7-6-12-26(27)38)18-28(41)36-24-16-30(43)47-34(24)46-20-21-8-2-1-3-9-21/h1-15,24-25,34,40H,16-20H2,(H,36,41)(H,37,44)/t24-,25-,34?/m0/s1. The van der Waals surface area contributed by atoms with Gasteiger partial charge in [-0.25, -0.2) is 0 Å². The lowest BCUT2D eigenvalue weighted by molar-refractivity contribution is -0.168. The van der Waals surface area contributed by atoms with Gasteiger partial charge in [-0.2, -0.15) is 0 Å². The van der Waals surface area contributed by atoms with Gasteiger partial charge >= 0.3 is 5.97 Å². The largest absolute Gasteiger partial charge is 0.433 e. The van der Waals surface area contributed by atoms with Crippen LogP contribution >= 0.6 is 0 Å². The van der Waals surface area contributed by atoms with E-state index in [0.717, 1.165) is 15.8 Å². The summed E-state index contributed by atoms with van der Waals surface area (Å²) in [5.41, 5.74) is 1.40. The number of amides is 4. The zero-order chi connectivity index (χ0) is 32.9. The van der Waals surface area contributed by atoms with Gasteiger partial charge in [-0.15, -0.1) is 0 Å². The lowest BCUT2D eigenvalue weighted by Crippen LogP contribution is -2.55. The van der Waals surface area contributed by atoms with Crippen molar-refractivity contribution in [3.05, 3.63) is 102 Å². The van der Waals surface area contributed by atoms with Gasteiger partial charge < -0.3 is 30.1 Å². The second kappa shape index (κ2) is 13.8. The molecule has 47 heavy (non-hydrogen) atoms. The summed E-state index contributed by atoms with van der Waals surface area (Å²) in [5, 5.41) is 16.5. The number of carbonyl (C=O) groups excluding carboxylic acids is 5. The highest BCUT2D eigenvalue weighted by molar-refractivity contribution is 6.12. The molecular formula is C34H31N5O8. The lowest BCUT2D eigenvalue weighted by Gasteiger charge is -2.26. The van der Waals surface area contributed by atoms with Crippen molar-refractivity contribution in [2.24, 2.45) is 0 Å². The number of anilines is 2. The number of hydrogen-bond acceptors (Lipinski definition) is 9. The quantitative estimate of drug-likeness (QED) is 0.231. The summed E-state index contributed by atoms with van der Waals surface area (Å²) in [6.07, 6.45) is 0.302. The van der Waals surface area contributed by atoms with Crippen LogP contribution in [0.25, 0.3) is 10.8 Å². The van der Waals surface area contributed by atoms with Gasteiger partial charge in [-0.1, -0.05) is 66.7 Å². The Morgan fingerprint density at radius 3 is 2.43 bits per heavy atom. The number of carbonyl (C=O) groups is 5. The second-order valence-corrected chi connectivity index (χ2v) is 11.0. The first-order valence-corrected chi connectivity index (χ1v) is 14.9. The Bertz CT molecular complexity index is 1830. The van der Waals surface area contributed by atoms with Crippen molar-refractivity contribution in [1.29, 1.82) is 0 Å². The van der Waals surface area contributed by atoms with E-state index in [9.17, 15) is 29.1 Å².